The highest BCUT2D eigenvalue weighted by Gasteiger charge is 2.40. The molecule has 3 rings (SSSR count). The number of halogens is 1. The second-order valence-electron chi connectivity index (χ2n) is 6.46. The second kappa shape index (κ2) is 6.07. The van der Waals surface area contributed by atoms with Gasteiger partial charge in [-0.25, -0.2) is 0 Å². The molecule has 2 nitrogen and oxygen atoms in total. The third-order valence-electron chi connectivity index (χ3n) is 5.07. The molecule has 0 spiro atoms. The molecule has 2 unspecified atom stereocenters. The number of aryl methyl sites for hydroxylation is 1. The molecule has 0 aliphatic carbocycles. The summed E-state index contributed by atoms with van der Waals surface area (Å²) < 4.78 is 1.22. The maximum atomic E-state index is 3.61. The van der Waals surface area contributed by atoms with E-state index in [9.17, 15) is 0 Å². The summed E-state index contributed by atoms with van der Waals surface area (Å²) >= 11 is 3.61. The Morgan fingerprint density at radius 1 is 1.25 bits per heavy atom. The molecule has 20 heavy (non-hydrogen) atoms. The van der Waals surface area contributed by atoms with Gasteiger partial charge in [0.25, 0.3) is 0 Å². The van der Waals surface area contributed by atoms with Crippen molar-refractivity contribution in [3.8, 4) is 0 Å². The van der Waals surface area contributed by atoms with Gasteiger partial charge in [-0.05, 0) is 82.3 Å². The van der Waals surface area contributed by atoms with E-state index in [1.165, 1.54) is 54.4 Å². The molecule has 1 aromatic carbocycles. The first-order chi connectivity index (χ1) is 9.69. The molecule has 110 valence electrons. The fourth-order valence-corrected chi connectivity index (χ4v) is 4.33. The van der Waals surface area contributed by atoms with Gasteiger partial charge in [0.15, 0.2) is 0 Å². The molecule has 3 heteroatoms. The van der Waals surface area contributed by atoms with Crippen LogP contribution in [0.3, 0.4) is 0 Å². The molecule has 1 N–H and O–H groups in total. The molecule has 0 amide bonds. The maximum absolute atomic E-state index is 3.61. The van der Waals surface area contributed by atoms with E-state index in [1.54, 1.807) is 0 Å². The molecule has 2 atom stereocenters. The van der Waals surface area contributed by atoms with Crippen molar-refractivity contribution in [2.24, 2.45) is 5.92 Å². The lowest BCUT2D eigenvalue weighted by molar-refractivity contribution is 0.321. The Bertz CT molecular complexity index is 460. The molecule has 0 aromatic heterocycles. The minimum Gasteiger partial charge on any atom is -0.366 e. The van der Waals surface area contributed by atoms with Crippen molar-refractivity contribution in [1.82, 2.24) is 5.32 Å². The molecular weight excluding hydrogens is 312 g/mol. The van der Waals surface area contributed by atoms with E-state index in [0.717, 1.165) is 18.0 Å². The van der Waals surface area contributed by atoms with Gasteiger partial charge in [0.05, 0.1) is 0 Å². The van der Waals surface area contributed by atoms with Crippen LogP contribution in [-0.4, -0.2) is 25.7 Å². The molecule has 1 aromatic rings. The Labute approximate surface area is 131 Å². The number of fused-ring (bicyclic) bond motifs is 2. The Morgan fingerprint density at radius 3 is 2.55 bits per heavy atom. The van der Waals surface area contributed by atoms with Crippen LogP contribution in [0.4, 0.5) is 5.69 Å². The summed E-state index contributed by atoms with van der Waals surface area (Å²) in [6.45, 7) is 3.36. The van der Waals surface area contributed by atoms with Gasteiger partial charge in [0, 0.05) is 22.2 Å². The summed E-state index contributed by atoms with van der Waals surface area (Å²) in [6, 6.07) is 8.39. The fraction of sp³-hybridized carbons (Fsp3) is 0.647. The van der Waals surface area contributed by atoms with Crippen molar-refractivity contribution >= 4 is 21.6 Å². The predicted molar refractivity (Wildman–Crippen MR) is 89.4 cm³/mol. The van der Waals surface area contributed by atoms with Gasteiger partial charge in [0.1, 0.15) is 0 Å². The van der Waals surface area contributed by atoms with E-state index in [2.05, 4.69) is 58.3 Å². The van der Waals surface area contributed by atoms with Crippen LogP contribution in [0.5, 0.6) is 0 Å². The van der Waals surface area contributed by atoms with Crippen molar-refractivity contribution in [1.29, 1.82) is 0 Å². The van der Waals surface area contributed by atoms with Crippen LogP contribution in [0.15, 0.2) is 22.7 Å². The first-order valence-corrected chi connectivity index (χ1v) is 8.67. The van der Waals surface area contributed by atoms with Crippen molar-refractivity contribution in [3.05, 3.63) is 28.2 Å². The van der Waals surface area contributed by atoms with Crippen molar-refractivity contribution in [3.63, 3.8) is 0 Å². The Hall–Kier alpha value is -0.540. The summed E-state index contributed by atoms with van der Waals surface area (Å²) in [5, 5.41) is 3.30. The van der Waals surface area contributed by atoms with Crippen LogP contribution >= 0.6 is 15.9 Å². The highest BCUT2D eigenvalue weighted by molar-refractivity contribution is 9.10. The van der Waals surface area contributed by atoms with Gasteiger partial charge in [-0.1, -0.05) is 15.9 Å². The number of anilines is 1. The topological polar surface area (TPSA) is 15.3 Å². The van der Waals surface area contributed by atoms with Crippen LogP contribution in [0.25, 0.3) is 0 Å². The summed E-state index contributed by atoms with van der Waals surface area (Å²) in [7, 11) is 2.06. The van der Waals surface area contributed by atoms with E-state index in [-0.39, 0.29) is 0 Å². The zero-order valence-electron chi connectivity index (χ0n) is 12.5. The standard InChI is InChI=1S/C17H25BrN2/c1-12-9-14(5-6-17(12)18)20-15-3-4-16(20)11-13(10-15)7-8-19-2/h5-6,9,13,15-16,19H,3-4,7-8,10-11H2,1-2H3. The van der Waals surface area contributed by atoms with Gasteiger partial charge in [0.2, 0.25) is 0 Å². The second-order valence-corrected chi connectivity index (χ2v) is 7.31. The van der Waals surface area contributed by atoms with Crippen LogP contribution in [0, 0.1) is 12.8 Å². The highest BCUT2D eigenvalue weighted by atomic mass is 79.9. The number of hydrogen-bond donors (Lipinski definition) is 1. The number of hydrogen-bond acceptors (Lipinski definition) is 2. The number of benzene rings is 1. The van der Waals surface area contributed by atoms with E-state index >= 15 is 0 Å². The van der Waals surface area contributed by atoms with E-state index in [4.69, 9.17) is 0 Å². The minimum absolute atomic E-state index is 0.774. The van der Waals surface area contributed by atoms with Crippen LogP contribution in [-0.2, 0) is 0 Å². The molecule has 0 saturated carbocycles. The number of rotatable bonds is 4. The smallest absolute Gasteiger partial charge is 0.0374 e. The molecule has 0 radical (unpaired) electrons. The highest BCUT2D eigenvalue weighted by Crippen LogP contribution is 2.43. The third kappa shape index (κ3) is 2.75. The van der Waals surface area contributed by atoms with Crippen molar-refractivity contribution in [2.45, 2.75) is 51.1 Å². The average Bonchev–Trinajstić information content (AvgIpc) is 2.71. The lowest BCUT2D eigenvalue weighted by Gasteiger charge is -2.41. The first kappa shape index (κ1) is 14.4. The maximum Gasteiger partial charge on any atom is 0.0374 e. The van der Waals surface area contributed by atoms with E-state index < -0.39 is 0 Å². The van der Waals surface area contributed by atoms with Crippen LogP contribution in [0.1, 0.15) is 37.7 Å². The summed E-state index contributed by atoms with van der Waals surface area (Å²) in [5.41, 5.74) is 2.78. The fourth-order valence-electron chi connectivity index (χ4n) is 4.08. The molecule has 2 heterocycles. The predicted octanol–water partition coefficient (Wildman–Crippen LogP) is 4.11. The third-order valence-corrected chi connectivity index (χ3v) is 5.96. The van der Waals surface area contributed by atoms with E-state index in [0.29, 0.717) is 0 Å². The quantitative estimate of drug-likeness (QED) is 0.889. The van der Waals surface area contributed by atoms with Crippen LogP contribution < -0.4 is 10.2 Å². The van der Waals surface area contributed by atoms with Gasteiger partial charge in [-0.3, -0.25) is 0 Å². The first-order valence-electron chi connectivity index (χ1n) is 7.88. The molecule has 2 aliphatic heterocycles. The molecule has 2 fully saturated rings. The Balaban J connectivity index is 1.74. The monoisotopic (exact) mass is 336 g/mol. The lowest BCUT2D eigenvalue weighted by Crippen LogP contribution is -2.43. The molecule has 2 saturated heterocycles. The summed E-state index contributed by atoms with van der Waals surface area (Å²) in [6.07, 6.45) is 6.88. The minimum atomic E-state index is 0.774. The molecule has 2 bridgehead atoms. The van der Waals surface area contributed by atoms with Crippen LogP contribution in [0.2, 0.25) is 0 Å². The Kier molecular flexibility index (Phi) is 4.37. The molecular formula is C17H25BrN2. The zero-order valence-corrected chi connectivity index (χ0v) is 14.1. The number of nitrogens with zero attached hydrogens (tertiary/aromatic N) is 1. The number of nitrogens with one attached hydrogen (secondary N) is 1. The average molecular weight is 337 g/mol. The Morgan fingerprint density at radius 2 is 1.95 bits per heavy atom. The summed E-state index contributed by atoms with van der Waals surface area (Å²) in [5.74, 6) is 0.924. The molecule has 2 aliphatic rings. The SMILES string of the molecule is CNCCC1CC2CCC(C1)N2c1ccc(Br)c(C)c1. The normalized spacial score (nSPS) is 28.9. The van der Waals surface area contributed by atoms with Crippen molar-refractivity contribution in [2.75, 3.05) is 18.5 Å². The van der Waals surface area contributed by atoms with Gasteiger partial charge in [-0.15, -0.1) is 0 Å². The van der Waals surface area contributed by atoms with Crippen molar-refractivity contribution < 1.29 is 0 Å². The number of piperidine rings is 1. The van der Waals surface area contributed by atoms with Gasteiger partial charge >= 0.3 is 0 Å². The van der Waals surface area contributed by atoms with Gasteiger partial charge in [-0.2, -0.15) is 0 Å². The lowest BCUT2D eigenvalue weighted by atomic mass is 9.87. The van der Waals surface area contributed by atoms with E-state index in [1.807, 2.05) is 0 Å². The largest absolute Gasteiger partial charge is 0.366 e. The summed E-state index contributed by atoms with van der Waals surface area (Å²) in [4.78, 5) is 2.72. The van der Waals surface area contributed by atoms with Gasteiger partial charge < -0.3 is 10.2 Å². The zero-order chi connectivity index (χ0) is 14.1.